The third-order valence-corrected chi connectivity index (χ3v) is 12.6. The Morgan fingerprint density at radius 3 is 2.47 bits per heavy atom. The number of epoxide rings is 1. The van der Waals surface area contributed by atoms with E-state index in [1.807, 2.05) is 0 Å². The van der Waals surface area contributed by atoms with Crippen LogP contribution in [0.2, 0.25) is 0 Å². The summed E-state index contributed by atoms with van der Waals surface area (Å²) in [4.78, 5) is 11.6. The largest absolute Gasteiger partial charge is 0.462 e. The van der Waals surface area contributed by atoms with E-state index in [0.29, 0.717) is 11.5 Å². The maximum atomic E-state index is 11.6. The molecular weight excluding hydrogens is 420 g/mol. The zero-order valence-corrected chi connectivity index (χ0v) is 23.2. The first kappa shape index (κ1) is 25.1. The summed E-state index contributed by atoms with van der Waals surface area (Å²) in [6.07, 6.45) is 14.7. The fourth-order valence-electron chi connectivity index (χ4n) is 10.6. The molecule has 5 fully saturated rings. The van der Waals surface area contributed by atoms with Crippen molar-refractivity contribution in [1.29, 1.82) is 0 Å². The number of carbonyl (C=O) groups is 1. The fraction of sp³-hybridized carbons (Fsp3) is 0.968. The van der Waals surface area contributed by atoms with Crippen molar-refractivity contribution in [3.05, 3.63) is 0 Å². The highest BCUT2D eigenvalue weighted by molar-refractivity contribution is 5.66. The van der Waals surface area contributed by atoms with Gasteiger partial charge >= 0.3 is 5.97 Å². The number of fused-ring (bicyclic) bond motifs is 4. The van der Waals surface area contributed by atoms with E-state index in [-0.39, 0.29) is 23.1 Å². The highest BCUT2D eigenvalue weighted by atomic mass is 16.6. The Hall–Kier alpha value is -0.570. The van der Waals surface area contributed by atoms with Gasteiger partial charge in [0.25, 0.3) is 0 Å². The normalized spacial score (nSPS) is 48.8. The van der Waals surface area contributed by atoms with Crippen molar-refractivity contribution in [1.82, 2.24) is 0 Å². The van der Waals surface area contributed by atoms with Crippen LogP contribution in [0.4, 0.5) is 0 Å². The van der Waals surface area contributed by atoms with Gasteiger partial charge in [-0.3, -0.25) is 4.79 Å². The summed E-state index contributed by atoms with van der Waals surface area (Å²) in [6, 6.07) is 0. The fourth-order valence-corrected chi connectivity index (χ4v) is 10.6. The van der Waals surface area contributed by atoms with Crippen LogP contribution in [-0.2, 0) is 14.3 Å². The van der Waals surface area contributed by atoms with Crippen LogP contribution in [-0.4, -0.2) is 23.8 Å². The Labute approximate surface area is 209 Å². The zero-order chi connectivity index (χ0) is 24.5. The lowest BCUT2D eigenvalue weighted by molar-refractivity contribution is -0.157. The van der Waals surface area contributed by atoms with Crippen molar-refractivity contribution in [2.45, 2.75) is 137 Å². The minimum Gasteiger partial charge on any atom is -0.462 e. The maximum absolute atomic E-state index is 11.6. The van der Waals surface area contributed by atoms with E-state index in [4.69, 9.17) is 9.47 Å². The smallest absolute Gasteiger partial charge is 0.302 e. The van der Waals surface area contributed by atoms with E-state index in [9.17, 15) is 4.79 Å². The van der Waals surface area contributed by atoms with Crippen molar-refractivity contribution in [2.24, 2.45) is 52.3 Å². The summed E-state index contributed by atoms with van der Waals surface area (Å²) in [5.74, 6) is 5.86. The lowest BCUT2D eigenvalue weighted by atomic mass is 9.44. The first-order valence-corrected chi connectivity index (χ1v) is 14.9. The van der Waals surface area contributed by atoms with E-state index in [2.05, 4.69) is 41.5 Å². The molecule has 1 aliphatic heterocycles. The topological polar surface area (TPSA) is 38.8 Å². The molecule has 3 heteroatoms. The highest BCUT2D eigenvalue weighted by Gasteiger charge is 2.76. The molecule has 4 aliphatic carbocycles. The summed E-state index contributed by atoms with van der Waals surface area (Å²) >= 11 is 0. The minimum absolute atomic E-state index is 0.00240. The Morgan fingerprint density at radius 2 is 1.79 bits per heavy atom. The molecule has 0 amide bonds. The number of ether oxygens (including phenoxy) is 2. The molecule has 1 heterocycles. The second-order valence-electron chi connectivity index (χ2n) is 14.2. The molecule has 0 aromatic carbocycles. The van der Waals surface area contributed by atoms with Crippen molar-refractivity contribution in [3.63, 3.8) is 0 Å². The third-order valence-electron chi connectivity index (χ3n) is 12.6. The summed E-state index contributed by atoms with van der Waals surface area (Å²) < 4.78 is 12.3. The molecule has 0 aromatic heterocycles. The van der Waals surface area contributed by atoms with Gasteiger partial charge in [-0.25, -0.2) is 0 Å². The molecule has 5 rings (SSSR count). The van der Waals surface area contributed by atoms with Gasteiger partial charge < -0.3 is 9.47 Å². The van der Waals surface area contributed by atoms with Gasteiger partial charge in [0, 0.05) is 18.8 Å². The standard InChI is InChI=1S/C31H52O3/c1-8-22(19(2)3)10-9-20(4)25-11-12-26-24-17-28-31(34-28)18-23(33-21(5)32)13-16-30(31,7)27(24)14-15-29(25,26)6/h19-20,22-28H,8-18H2,1-7H3/t20-,22-,23+,24+,25-,26+,27+,28-,29-,30-,31-/m1/s1. The number of esters is 1. The van der Waals surface area contributed by atoms with Crippen LogP contribution in [0, 0.1) is 52.3 Å². The van der Waals surface area contributed by atoms with Gasteiger partial charge in [-0.2, -0.15) is 0 Å². The van der Waals surface area contributed by atoms with E-state index in [0.717, 1.165) is 54.3 Å². The predicted octanol–water partition coefficient (Wildman–Crippen LogP) is 7.81. The molecule has 11 atom stereocenters. The van der Waals surface area contributed by atoms with Gasteiger partial charge in [-0.15, -0.1) is 0 Å². The Morgan fingerprint density at radius 1 is 1.03 bits per heavy atom. The lowest BCUT2D eigenvalue weighted by Crippen LogP contribution is -2.59. The monoisotopic (exact) mass is 472 g/mol. The average molecular weight is 473 g/mol. The van der Waals surface area contributed by atoms with Gasteiger partial charge in [0.15, 0.2) is 0 Å². The molecule has 0 bridgehead atoms. The molecule has 5 aliphatic rings. The second-order valence-corrected chi connectivity index (χ2v) is 14.2. The van der Waals surface area contributed by atoms with Crippen LogP contribution >= 0.6 is 0 Å². The zero-order valence-electron chi connectivity index (χ0n) is 23.2. The molecule has 1 saturated heterocycles. The van der Waals surface area contributed by atoms with Crippen LogP contribution in [0.25, 0.3) is 0 Å². The molecule has 0 N–H and O–H groups in total. The van der Waals surface area contributed by atoms with Crippen molar-refractivity contribution < 1.29 is 14.3 Å². The predicted molar refractivity (Wildman–Crippen MR) is 137 cm³/mol. The number of hydrogen-bond acceptors (Lipinski definition) is 3. The summed E-state index contributed by atoms with van der Waals surface area (Å²) in [7, 11) is 0. The van der Waals surface area contributed by atoms with Crippen LogP contribution in [0.1, 0.15) is 119 Å². The van der Waals surface area contributed by atoms with Crippen LogP contribution in [0.3, 0.4) is 0 Å². The van der Waals surface area contributed by atoms with E-state index in [1.165, 1.54) is 57.8 Å². The molecule has 4 saturated carbocycles. The Bertz CT molecular complexity index is 777. The number of carbonyl (C=O) groups excluding carboxylic acids is 1. The van der Waals surface area contributed by atoms with Crippen LogP contribution in [0.5, 0.6) is 0 Å². The molecule has 0 aromatic rings. The lowest BCUT2D eigenvalue weighted by Gasteiger charge is -2.59. The molecule has 34 heavy (non-hydrogen) atoms. The highest BCUT2D eigenvalue weighted by Crippen LogP contribution is 2.74. The first-order valence-electron chi connectivity index (χ1n) is 14.9. The summed E-state index contributed by atoms with van der Waals surface area (Å²) in [5, 5.41) is 0. The van der Waals surface area contributed by atoms with E-state index in [1.54, 1.807) is 6.92 Å². The number of hydrogen-bond donors (Lipinski definition) is 0. The quantitative estimate of drug-likeness (QED) is 0.280. The maximum Gasteiger partial charge on any atom is 0.302 e. The van der Waals surface area contributed by atoms with Gasteiger partial charge in [0.2, 0.25) is 0 Å². The van der Waals surface area contributed by atoms with Gasteiger partial charge in [-0.1, -0.05) is 54.4 Å². The molecule has 194 valence electrons. The minimum atomic E-state index is -0.130. The van der Waals surface area contributed by atoms with E-state index >= 15 is 0 Å². The van der Waals surface area contributed by atoms with Gasteiger partial charge in [-0.05, 0) is 98.2 Å². The van der Waals surface area contributed by atoms with Crippen molar-refractivity contribution in [3.8, 4) is 0 Å². The molecule has 0 unspecified atom stereocenters. The molecule has 3 nitrogen and oxygen atoms in total. The van der Waals surface area contributed by atoms with Crippen molar-refractivity contribution in [2.75, 3.05) is 0 Å². The second kappa shape index (κ2) is 8.77. The molecule has 0 radical (unpaired) electrons. The molecule has 1 spiro atoms. The van der Waals surface area contributed by atoms with Crippen LogP contribution < -0.4 is 0 Å². The Kier molecular flexibility index (Phi) is 6.48. The Balaban J connectivity index is 1.29. The summed E-state index contributed by atoms with van der Waals surface area (Å²) in [5.41, 5.74) is 0.797. The summed E-state index contributed by atoms with van der Waals surface area (Å²) in [6.45, 7) is 16.6. The van der Waals surface area contributed by atoms with Crippen LogP contribution in [0.15, 0.2) is 0 Å². The first-order chi connectivity index (χ1) is 16.1. The number of rotatable bonds is 7. The SMILES string of the molecule is CC[C@H](CC[C@@H](C)[C@H]1CC[C@H]2[C@@H]3C[C@H]4O[C@]45C[C@@H](OC(C)=O)CC[C@]5(C)[C@H]3CC[C@]12C)C(C)C. The molecular formula is C31H52O3. The third kappa shape index (κ3) is 3.72. The average Bonchev–Trinajstić information content (AvgIpc) is 3.34. The van der Waals surface area contributed by atoms with E-state index < -0.39 is 0 Å². The van der Waals surface area contributed by atoms with Gasteiger partial charge in [0.05, 0.1) is 6.10 Å². The van der Waals surface area contributed by atoms with Gasteiger partial charge in [0.1, 0.15) is 11.7 Å². The van der Waals surface area contributed by atoms with Crippen molar-refractivity contribution >= 4 is 5.97 Å².